The maximum Gasteiger partial charge on any atom is 0.140 e. The van der Waals surface area contributed by atoms with Crippen molar-refractivity contribution in [1.29, 1.82) is 0 Å². The monoisotopic (exact) mass is 230 g/mol. The SMILES string of the molecule is Oc1ccc(-c2ncc3n2CCCC3O)cc1. The van der Waals surface area contributed by atoms with Crippen LogP contribution in [0.5, 0.6) is 5.75 Å². The van der Waals surface area contributed by atoms with Gasteiger partial charge in [-0.25, -0.2) is 4.98 Å². The lowest BCUT2D eigenvalue weighted by molar-refractivity contribution is 0.139. The van der Waals surface area contributed by atoms with E-state index in [0.717, 1.165) is 36.5 Å². The molecule has 0 saturated heterocycles. The quantitative estimate of drug-likeness (QED) is 0.788. The van der Waals surface area contributed by atoms with Crippen LogP contribution >= 0.6 is 0 Å². The van der Waals surface area contributed by atoms with Gasteiger partial charge < -0.3 is 14.8 Å². The second kappa shape index (κ2) is 3.89. The van der Waals surface area contributed by atoms with Crippen LogP contribution in [-0.4, -0.2) is 19.8 Å². The summed E-state index contributed by atoms with van der Waals surface area (Å²) in [6.45, 7) is 0.891. The molecule has 2 aromatic rings. The number of hydrogen-bond donors (Lipinski definition) is 2. The Morgan fingerprint density at radius 2 is 2.00 bits per heavy atom. The van der Waals surface area contributed by atoms with Crippen LogP contribution in [0.4, 0.5) is 0 Å². The molecule has 3 rings (SSSR count). The van der Waals surface area contributed by atoms with Gasteiger partial charge in [-0.05, 0) is 37.1 Å². The number of hydrogen-bond acceptors (Lipinski definition) is 3. The van der Waals surface area contributed by atoms with Crippen LogP contribution in [0.1, 0.15) is 24.6 Å². The van der Waals surface area contributed by atoms with Crippen molar-refractivity contribution in [2.24, 2.45) is 0 Å². The first kappa shape index (κ1) is 10.4. The van der Waals surface area contributed by atoms with E-state index in [0.29, 0.717) is 0 Å². The molecule has 0 fully saturated rings. The normalized spacial score (nSPS) is 19.0. The van der Waals surface area contributed by atoms with Crippen LogP contribution in [0.15, 0.2) is 30.5 Å². The van der Waals surface area contributed by atoms with E-state index >= 15 is 0 Å². The van der Waals surface area contributed by atoms with Gasteiger partial charge >= 0.3 is 0 Å². The van der Waals surface area contributed by atoms with Crippen LogP contribution in [0, 0.1) is 0 Å². The fourth-order valence-electron chi connectivity index (χ4n) is 2.32. The third kappa shape index (κ3) is 1.70. The van der Waals surface area contributed by atoms with Crippen LogP contribution in [0.25, 0.3) is 11.4 Å². The van der Waals surface area contributed by atoms with Crippen molar-refractivity contribution in [3.8, 4) is 17.1 Å². The Labute approximate surface area is 99.2 Å². The Hall–Kier alpha value is -1.81. The number of phenols is 1. The minimum absolute atomic E-state index is 0.249. The summed E-state index contributed by atoms with van der Waals surface area (Å²) in [5.41, 5.74) is 1.85. The number of aromatic hydroxyl groups is 1. The number of rotatable bonds is 1. The first-order chi connectivity index (χ1) is 8.25. The number of aliphatic hydroxyl groups is 1. The average Bonchev–Trinajstić information content (AvgIpc) is 2.75. The number of phenolic OH excluding ortho intramolecular Hbond substituents is 1. The molecule has 2 heterocycles. The molecule has 0 saturated carbocycles. The summed E-state index contributed by atoms with van der Waals surface area (Å²) in [5, 5.41) is 19.1. The zero-order valence-electron chi connectivity index (χ0n) is 9.37. The molecule has 0 radical (unpaired) electrons. The lowest BCUT2D eigenvalue weighted by Gasteiger charge is -2.21. The summed E-state index contributed by atoms with van der Waals surface area (Å²) in [5.74, 6) is 1.11. The fourth-order valence-corrected chi connectivity index (χ4v) is 2.32. The Bertz CT molecular complexity index is 531. The number of fused-ring (bicyclic) bond motifs is 1. The summed E-state index contributed by atoms with van der Waals surface area (Å²) in [4.78, 5) is 4.37. The van der Waals surface area contributed by atoms with E-state index < -0.39 is 6.10 Å². The maximum atomic E-state index is 9.86. The Balaban J connectivity index is 2.07. The second-order valence-corrected chi connectivity index (χ2v) is 4.36. The molecule has 2 N–H and O–H groups in total. The summed E-state index contributed by atoms with van der Waals surface area (Å²) in [6, 6.07) is 6.98. The van der Waals surface area contributed by atoms with E-state index in [-0.39, 0.29) is 5.75 Å². The van der Waals surface area contributed by atoms with Gasteiger partial charge in [-0.1, -0.05) is 0 Å². The van der Waals surface area contributed by atoms with Gasteiger partial charge in [0.25, 0.3) is 0 Å². The molecule has 1 aliphatic rings. The molecule has 88 valence electrons. The largest absolute Gasteiger partial charge is 0.508 e. The van der Waals surface area contributed by atoms with Crippen LogP contribution < -0.4 is 0 Å². The zero-order valence-corrected chi connectivity index (χ0v) is 9.37. The predicted molar refractivity (Wildman–Crippen MR) is 63.5 cm³/mol. The molecule has 0 amide bonds. The average molecular weight is 230 g/mol. The van der Waals surface area contributed by atoms with Gasteiger partial charge in [0.2, 0.25) is 0 Å². The van der Waals surface area contributed by atoms with E-state index in [4.69, 9.17) is 0 Å². The second-order valence-electron chi connectivity index (χ2n) is 4.36. The first-order valence-electron chi connectivity index (χ1n) is 5.78. The predicted octanol–water partition coefficient (Wildman–Crippen LogP) is 2.08. The number of nitrogens with zero attached hydrogens (tertiary/aromatic N) is 2. The highest BCUT2D eigenvalue weighted by molar-refractivity contribution is 5.57. The van der Waals surface area contributed by atoms with Crippen molar-refractivity contribution in [2.45, 2.75) is 25.5 Å². The molecular formula is C13H14N2O2. The number of imidazole rings is 1. The number of aliphatic hydroxyl groups excluding tert-OH is 1. The highest BCUT2D eigenvalue weighted by Gasteiger charge is 2.21. The van der Waals surface area contributed by atoms with E-state index in [1.165, 1.54) is 0 Å². The van der Waals surface area contributed by atoms with Crippen molar-refractivity contribution in [2.75, 3.05) is 0 Å². The molecule has 1 aromatic carbocycles. The molecule has 1 atom stereocenters. The molecule has 1 aliphatic heterocycles. The molecule has 4 nitrogen and oxygen atoms in total. The van der Waals surface area contributed by atoms with Crippen LogP contribution in [0.2, 0.25) is 0 Å². The van der Waals surface area contributed by atoms with E-state index in [2.05, 4.69) is 9.55 Å². The molecule has 1 aromatic heterocycles. The van der Waals surface area contributed by atoms with Crippen molar-refractivity contribution in [3.05, 3.63) is 36.2 Å². The fraction of sp³-hybridized carbons (Fsp3) is 0.308. The lowest BCUT2D eigenvalue weighted by atomic mass is 10.1. The first-order valence-corrected chi connectivity index (χ1v) is 5.78. The summed E-state index contributed by atoms with van der Waals surface area (Å²) in [6.07, 6.45) is 3.12. The van der Waals surface area contributed by atoms with Gasteiger partial charge in [-0.3, -0.25) is 0 Å². The molecule has 0 bridgehead atoms. The highest BCUT2D eigenvalue weighted by Crippen LogP contribution is 2.30. The Morgan fingerprint density at radius 1 is 1.24 bits per heavy atom. The smallest absolute Gasteiger partial charge is 0.140 e. The molecule has 4 heteroatoms. The molecular weight excluding hydrogens is 216 g/mol. The van der Waals surface area contributed by atoms with Crippen molar-refractivity contribution >= 4 is 0 Å². The van der Waals surface area contributed by atoms with Gasteiger partial charge in [0.05, 0.1) is 18.0 Å². The van der Waals surface area contributed by atoms with Gasteiger partial charge in [0.1, 0.15) is 11.6 Å². The summed E-state index contributed by atoms with van der Waals surface area (Å²) < 4.78 is 2.06. The zero-order chi connectivity index (χ0) is 11.8. The van der Waals surface area contributed by atoms with Crippen LogP contribution in [-0.2, 0) is 6.54 Å². The highest BCUT2D eigenvalue weighted by atomic mass is 16.3. The summed E-state index contributed by atoms with van der Waals surface area (Å²) >= 11 is 0. The van der Waals surface area contributed by atoms with Crippen molar-refractivity contribution in [3.63, 3.8) is 0 Å². The minimum Gasteiger partial charge on any atom is -0.508 e. The number of aromatic nitrogens is 2. The van der Waals surface area contributed by atoms with Crippen molar-refractivity contribution < 1.29 is 10.2 Å². The van der Waals surface area contributed by atoms with E-state index in [1.807, 2.05) is 12.1 Å². The van der Waals surface area contributed by atoms with Crippen molar-refractivity contribution in [1.82, 2.24) is 9.55 Å². The molecule has 1 unspecified atom stereocenters. The third-order valence-electron chi connectivity index (χ3n) is 3.21. The Morgan fingerprint density at radius 3 is 2.76 bits per heavy atom. The van der Waals surface area contributed by atoms with Gasteiger partial charge in [0.15, 0.2) is 0 Å². The van der Waals surface area contributed by atoms with Gasteiger partial charge in [-0.2, -0.15) is 0 Å². The maximum absolute atomic E-state index is 9.86. The third-order valence-corrected chi connectivity index (χ3v) is 3.21. The standard InChI is InChI=1S/C13H14N2O2/c16-10-5-3-9(4-6-10)13-14-8-11-12(17)2-1-7-15(11)13/h3-6,8,12,16-17H,1-2,7H2. The van der Waals surface area contributed by atoms with Crippen LogP contribution in [0.3, 0.4) is 0 Å². The number of benzene rings is 1. The minimum atomic E-state index is -0.401. The van der Waals surface area contributed by atoms with E-state index in [1.54, 1.807) is 18.3 Å². The van der Waals surface area contributed by atoms with Gasteiger partial charge in [0, 0.05) is 12.1 Å². The molecule has 0 spiro atoms. The lowest BCUT2D eigenvalue weighted by Crippen LogP contribution is -2.15. The topological polar surface area (TPSA) is 58.3 Å². The van der Waals surface area contributed by atoms with Gasteiger partial charge in [-0.15, -0.1) is 0 Å². The van der Waals surface area contributed by atoms with E-state index in [9.17, 15) is 10.2 Å². The Kier molecular flexibility index (Phi) is 2.37. The summed E-state index contributed by atoms with van der Waals surface area (Å²) in [7, 11) is 0. The molecule has 17 heavy (non-hydrogen) atoms. The molecule has 0 aliphatic carbocycles.